The lowest BCUT2D eigenvalue weighted by Crippen LogP contribution is -1.74. The Morgan fingerprint density at radius 2 is 1.91 bits per heavy atom. The molecule has 54 valence electrons. The molecule has 0 aromatic carbocycles. The van der Waals surface area contributed by atoms with Gasteiger partial charge in [0.2, 0.25) is 0 Å². The lowest BCUT2D eigenvalue weighted by molar-refractivity contribution is 1.45. The number of hydrogen-bond acceptors (Lipinski definition) is 2. The first-order valence-electron chi connectivity index (χ1n) is 3.09. The van der Waals surface area contributed by atoms with E-state index in [1.54, 1.807) is 24.3 Å². The van der Waals surface area contributed by atoms with Crippen LogP contribution in [0, 0.1) is 22.7 Å². The van der Waals surface area contributed by atoms with Crippen LogP contribution in [0.4, 0.5) is 0 Å². The summed E-state index contributed by atoms with van der Waals surface area (Å²) in [5.74, 6) is 0. The van der Waals surface area contributed by atoms with E-state index in [0.29, 0.717) is 0 Å². The highest BCUT2D eigenvalue weighted by molar-refractivity contribution is 5.44. The normalized spacial score (nSPS) is 9.18. The van der Waals surface area contributed by atoms with Crippen LogP contribution in [0.1, 0.15) is 6.92 Å². The summed E-state index contributed by atoms with van der Waals surface area (Å²) in [4.78, 5) is 0. The summed E-state index contributed by atoms with van der Waals surface area (Å²) in [5, 5.41) is 16.7. The first-order valence-corrected chi connectivity index (χ1v) is 3.09. The van der Waals surface area contributed by atoms with Crippen molar-refractivity contribution in [2.45, 2.75) is 6.92 Å². The molecule has 0 aliphatic heterocycles. The van der Waals surface area contributed by atoms with Gasteiger partial charge in [-0.2, -0.15) is 10.5 Å². The second kappa shape index (κ2) is 5.02. The van der Waals surface area contributed by atoms with Gasteiger partial charge in [0.25, 0.3) is 0 Å². The van der Waals surface area contributed by atoms with Crippen molar-refractivity contribution in [2.24, 2.45) is 0 Å². The Balaban J connectivity index is 4.70. The van der Waals surface area contributed by atoms with Crippen LogP contribution in [-0.4, -0.2) is 0 Å². The second-order valence-corrected chi connectivity index (χ2v) is 1.77. The largest absolute Gasteiger partial charge is 0.192 e. The number of hydrogen-bond donors (Lipinski definition) is 0. The third-order valence-corrected chi connectivity index (χ3v) is 1.12. The van der Waals surface area contributed by atoms with Crippen LogP contribution in [0.15, 0.2) is 36.0 Å². The van der Waals surface area contributed by atoms with E-state index in [9.17, 15) is 0 Å². The summed E-state index contributed by atoms with van der Waals surface area (Å²) in [6.07, 6.45) is 4.86. The molecule has 0 aliphatic rings. The van der Waals surface area contributed by atoms with Gasteiger partial charge < -0.3 is 0 Å². The Labute approximate surface area is 66.4 Å². The maximum atomic E-state index is 8.36. The molecule has 0 N–H and O–H groups in total. The van der Waals surface area contributed by atoms with Gasteiger partial charge in [0, 0.05) is 0 Å². The van der Waals surface area contributed by atoms with Crippen LogP contribution >= 0.6 is 0 Å². The number of nitriles is 2. The van der Waals surface area contributed by atoms with Crippen LogP contribution in [0.5, 0.6) is 0 Å². The number of allylic oxidation sites excluding steroid dienone is 5. The van der Waals surface area contributed by atoms with E-state index < -0.39 is 0 Å². The molecule has 11 heavy (non-hydrogen) atoms. The lowest BCUT2D eigenvalue weighted by Gasteiger charge is -1.87. The van der Waals surface area contributed by atoms with E-state index >= 15 is 0 Å². The highest BCUT2D eigenvalue weighted by Gasteiger charge is 1.90. The Hall–Kier alpha value is -1.80. The molecular weight excluding hydrogens is 136 g/mol. The van der Waals surface area contributed by atoms with E-state index in [-0.39, 0.29) is 5.57 Å². The first kappa shape index (κ1) is 9.20. The van der Waals surface area contributed by atoms with Crippen LogP contribution in [-0.2, 0) is 0 Å². The van der Waals surface area contributed by atoms with Crippen molar-refractivity contribution in [3.8, 4) is 12.1 Å². The zero-order chi connectivity index (χ0) is 8.69. The van der Waals surface area contributed by atoms with Crippen molar-refractivity contribution in [1.29, 1.82) is 10.5 Å². The zero-order valence-corrected chi connectivity index (χ0v) is 6.33. The molecule has 0 rings (SSSR count). The molecule has 0 unspecified atom stereocenters. The summed E-state index contributed by atoms with van der Waals surface area (Å²) in [5.41, 5.74) is 0.876. The maximum absolute atomic E-state index is 8.36. The topological polar surface area (TPSA) is 47.6 Å². The molecule has 0 heterocycles. The molecule has 0 amide bonds. The number of rotatable bonds is 2. The highest BCUT2D eigenvalue weighted by Crippen LogP contribution is 2.01. The lowest BCUT2D eigenvalue weighted by atomic mass is 10.2. The molecule has 0 saturated carbocycles. The van der Waals surface area contributed by atoms with Gasteiger partial charge in [-0.3, -0.25) is 0 Å². The molecule has 0 aromatic heterocycles. The fourth-order valence-corrected chi connectivity index (χ4v) is 0.516. The Kier molecular flexibility index (Phi) is 4.20. The van der Waals surface area contributed by atoms with Crippen molar-refractivity contribution < 1.29 is 0 Å². The molecule has 2 heteroatoms. The van der Waals surface area contributed by atoms with Gasteiger partial charge in [0.05, 0.1) is 0 Å². The molecule has 0 bridgehead atoms. The van der Waals surface area contributed by atoms with Gasteiger partial charge in [-0.25, -0.2) is 0 Å². The van der Waals surface area contributed by atoms with E-state index in [2.05, 4.69) is 6.58 Å². The second-order valence-electron chi connectivity index (χ2n) is 1.77. The van der Waals surface area contributed by atoms with Crippen LogP contribution < -0.4 is 0 Å². The Morgan fingerprint density at radius 1 is 1.36 bits per heavy atom. The standard InChI is InChI=1S/C9H8N2/c1-3-8(4-2)5-9(6-10)7-11/h3-5H,1H2,2H3/b8-4+. The predicted molar refractivity (Wildman–Crippen MR) is 43.3 cm³/mol. The minimum Gasteiger partial charge on any atom is -0.192 e. The highest BCUT2D eigenvalue weighted by atomic mass is 14.3. The van der Waals surface area contributed by atoms with Crippen molar-refractivity contribution >= 4 is 0 Å². The molecule has 0 aliphatic carbocycles. The van der Waals surface area contributed by atoms with Gasteiger partial charge in [0.15, 0.2) is 0 Å². The van der Waals surface area contributed by atoms with Crippen molar-refractivity contribution in [3.05, 3.63) is 36.0 Å². The van der Waals surface area contributed by atoms with E-state index in [0.717, 1.165) is 5.57 Å². The summed E-state index contributed by atoms with van der Waals surface area (Å²) in [6, 6.07) is 3.52. The maximum Gasteiger partial charge on any atom is 0.130 e. The molecule has 0 fully saturated rings. The fraction of sp³-hybridized carbons (Fsp3) is 0.111. The molecule has 0 atom stereocenters. The molecule has 2 nitrogen and oxygen atoms in total. The number of nitrogens with zero attached hydrogens (tertiary/aromatic N) is 2. The summed E-state index contributed by atoms with van der Waals surface area (Å²) in [7, 11) is 0. The molecule has 0 aromatic rings. The molecule has 0 radical (unpaired) electrons. The third kappa shape index (κ3) is 3.03. The van der Waals surface area contributed by atoms with Crippen LogP contribution in [0.25, 0.3) is 0 Å². The minimum absolute atomic E-state index is 0.0954. The van der Waals surface area contributed by atoms with Crippen molar-refractivity contribution in [2.75, 3.05) is 0 Å². The zero-order valence-electron chi connectivity index (χ0n) is 6.33. The Bertz CT molecular complexity index is 266. The molecule has 0 saturated heterocycles. The SMILES string of the molecule is C=C/C(C=C(C#N)C#N)=C\C. The molecular formula is C9H8N2. The van der Waals surface area contributed by atoms with Gasteiger partial charge in [0.1, 0.15) is 17.7 Å². The first-order chi connectivity index (χ1) is 5.28. The average Bonchev–Trinajstić information content (AvgIpc) is 2.07. The predicted octanol–water partition coefficient (Wildman–Crippen LogP) is 2.09. The smallest absolute Gasteiger partial charge is 0.130 e. The average molecular weight is 144 g/mol. The van der Waals surface area contributed by atoms with Crippen LogP contribution in [0.3, 0.4) is 0 Å². The molecule has 0 spiro atoms. The van der Waals surface area contributed by atoms with Gasteiger partial charge in [-0.1, -0.05) is 18.7 Å². The summed E-state index contributed by atoms with van der Waals surface area (Å²) < 4.78 is 0. The van der Waals surface area contributed by atoms with Gasteiger partial charge >= 0.3 is 0 Å². The summed E-state index contributed by atoms with van der Waals surface area (Å²) >= 11 is 0. The third-order valence-electron chi connectivity index (χ3n) is 1.12. The monoisotopic (exact) mass is 144 g/mol. The fourth-order valence-electron chi connectivity index (χ4n) is 0.516. The van der Waals surface area contributed by atoms with E-state index in [1.807, 2.05) is 6.92 Å². The summed E-state index contributed by atoms with van der Waals surface area (Å²) in [6.45, 7) is 5.34. The quantitative estimate of drug-likeness (QED) is 0.440. The van der Waals surface area contributed by atoms with Gasteiger partial charge in [-0.05, 0) is 18.6 Å². The minimum atomic E-state index is 0.0954. The van der Waals surface area contributed by atoms with Crippen molar-refractivity contribution in [3.63, 3.8) is 0 Å². The van der Waals surface area contributed by atoms with Crippen molar-refractivity contribution in [1.82, 2.24) is 0 Å². The Morgan fingerprint density at radius 3 is 2.18 bits per heavy atom. The van der Waals surface area contributed by atoms with E-state index in [4.69, 9.17) is 10.5 Å². The van der Waals surface area contributed by atoms with Gasteiger partial charge in [-0.15, -0.1) is 0 Å². The van der Waals surface area contributed by atoms with Crippen LogP contribution in [0.2, 0.25) is 0 Å². The van der Waals surface area contributed by atoms with E-state index in [1.165, 1.54) is 6.08 Å².